The van der Waals surface area contributed by atoms with Crippen LogP contribution in [0.25, 0.3) is 0 Å². The highest BCUT2D eigenvalue weighted by atomic mass is 16.5. The summed E-state index contributed by atoms with van der Waals surface area (Å²) in [4.78, 5) is 21.3. The van der Waals surface area contributed by atoms with Crippen LogP contribution in [0, 0.1) is 13.8 Å². The van der Waals surface area contributed by atoms with Crippen LogP contribution in [0.5, 0.6) is 0 Å². The predicted octanol–water partition coefficient (Wildman–Crippen LogP) is 3.31. The second kappa shape index (κ2) is 8.27. The first kappa shape index (κ1) is 18.3. The fourth-order valence-corrected chi connectivity index (χ4v) is 3.16. The molecule has 2 aromatic rings. The number of ether oxygens (including phenoxy) is 1. The van der Waals surface area contributed by atoms with Crippen LogP contribution in [0.1, 0.15) is 47.1 Å². The Morgan fingerprint density at radius 2 is 2.15 bits per heavy atom. The van der Waals surface area contributed by atoms with Crippen LogP contribution in [-0.4, -0.2) is 35.1 Å². The molecule has 1 aliphatic heterocycles. The lowest BCUT2D eigenvalue weighted by Crippen LogP contribution is -2.32. The molecule has 2 N–H and O–H groups in total. The van der Waals surface area contributed by atoms with Gasteiger partial charge in [0.2, 0.25) is 5.95 Å². The van der Waals surface area contributed by atoms with E-state index in [1.807, 2.05) is 26.0 Å². The van der Waals surface area contributed by atoms with Gasteiger partial charge < -0.3 is 15.4 Å². The molecule has 0 radical (unpaired) electrons. The van der Waals surface area contributed by atoms with Gasteiger partial charge in [-0.25, -0.2) is 9.97 Å². The Labute approximate surface area is 154 Å². The van der Waals surface area contributed by atoms with E-state index in [2.05, 4.69) is 33.6 Å². The Hall–Kier alpha value is -2.47. The van der Waals surface area contributed by atoms with Crippen molar-refractivity contribution < 1.29 is 9.53 Å². The summed E-state index contributed by atoms with van der Waals surface area (Å²) >= 11 is 0. The summed E-state index contributed by atoms with van der Waals surface area (Å²) in [6, 6.07) is 7.88. The van der Waals surface area contributed by atoms with Crippen molar-refractivity contribution in [3.63, 3.8) is 0 Å². The van der Waals surface area contributed by atoms with Gasteiger partial charge >= 0.3 is 0 Å². The quantitative estimate of drug-likeness (QED) is 0.832. The number of carbonyl (C=O) groups is 1. The van der Waals surface area contributed by atoms with Crippen molar-refractivity contribution >= 4 is 17.5 Å². The standard InChI is InChI=1S/C20H26N4O2/c1-4-15-8-5-7-13(2)18(15)24-20-22-14(3)11-17(23-20)19(25)21-12-16-9-6-10-26-16/h5,7-8,11,16H,4,6,9-10,12H2,1-3H3,(H,21,25)(H,22,23,24). The molecule has 6 heteroatoms. The summed E-state index contributed by atoms with van der Waals surface area (Å²) in [5.74, 6) is 0.241. The van der Waals surface area contributed by atoms with Gasteiger partial charge in [-0.2, -0.15) is 0 Å². The van der Waals surface area contributed by atoms with Gasteiger partial charge in [0.25, 0.3) is 5.91 Å². The molecule has 1 fully saturated rings. The van der Waals surface area contributed by atoms with E-state index in [0.717, 1.165) is 42.8 Å². The minimum Gasteiger partial charge on any atom is -0.376 e. The lowest BCUT2D eigenvalue weighted by Gasteiger charge is -2.14. The number of benzene rings is 1. The number of carbonyl (C=O) groups excluding carboxylic acids is 1. The van der Waals surface area contributed by atoms with E-state index in [9.17, 15) is 4.79 Å². The second-order valence-corrected chi connectivity index (χ2v) is 6.65. The lowest BCUT2D eigenvalue weighted by molar-refractivity contribution is 0.0853. The molecule has 0 aliphatic carbocycles. The van der Waals surface area contributed by atoms with E-state index in [4.69, 9.17) is 4.74 Å². The Balaban J connectivity index is 1.76. The van der Waals surface area contributed by atoms with Crippen molar-refractivity contribution in [2.75, 3.05) is 18.5 Å². The molecule has 1 aromatic heterocycles. The first-order valence-electron chi connectivity index (χ1n) is 9.18. The third-order valence-electron chi connectivity index (χ3n) is 4.58. The van der Waals surface area contributed by atoms with Crippen LogP contribution >= 0.6 is 0 Å². The van der Waals surface area contributed by atoms with Gasteiger partial charge in [-0.15, -0.1) is 0 Å². The Morgan fingerprint density at radius 1 is 1.31 bits per heavy atom. The third kappa shape index (κ3) is 4.38. The lowest BCUT2D eigenvalue weighted by atomic mass is 10.1. The molecule has 2 heterocycles. The second-order valence-electron chi connectivity index (χ2n) is 6.65. The molecule has 138 valence electrons. The van der Waals surface area contributed by atoms with Gasteiger partial charge in [0.05, 0.1) is 6.10 Å². The Bertz CT molecular complexity index is 785. The van der Waals surface area contributed by atoms with E-state index < -0.39 is 0 Å². The van der Waals surface area contributed by atoms with E-state index in [1.54, 1.807) is 6.07 Å². The molecule has 0 saturated carbocycles. The summed E-state index contributed by atoms with van der Waals surface area (Å²) in [6.45, 7) is 7.32. The number of rotatable bonds is 6. The molecule has 26 heavy (non-hydrogen) atoms. The maximum atomic E-state index is 12.5. The molecule has 1 amide bonds. The van der Waals surface area contributed by atoms with Gasteiger partial charge in [0.1, 0.15) is 5.69 Å². The fraction of sp³-hybridized carbons (Fsp3) is 0.450. The van der Waals surface area contributed by atoms with E-state index in [-0.39, 0.29) is 12.0 Å². The zero-order valence-electron chi connectivity index (χ0n) is 15.6. The SMILES string of the molecule is CCc1cccc(C)c1Nc1nc(C)cc(C(=O)NCC2CCCO2)n1. The molecule has 0 bridgehead atoms. The summed E-state index contributed by atoms with van der Waals surface area (Å²) in [7, 11) is 0. The zero-order chi connectivity index (χ0) is 18.5. The number of nitrogens with zero attached hydrogens (tertiary/aromatic N) is 2. The highest BCUT2D eigenvalue weighted by Crippen LogP contribution is 2.24. The normalized spacial score (nSPS) is 16.5. The first-order valence-corrected chi connectivity index (χ1v) is 9.18. The average Bonchev–Trinajstić information content (AvgIpc) is 3.14. The molecular weight excluding hydrogens is 328 g/mol. The van der Waals surface area contributed by atoms with Crippen LogP contribution in [0.2, 0.25) is 0 Å². The summed E-state index contributed by atoms with van der Waals surface area (Å²) in [6.07, 6.45) is 3.06. The molecule has 3 rings (SSSR count). The van der Waals surface area contributed by atoms with Crippen molar-refractivity contribution in [3.05, 3.63) is 46.8 Å². The maximum Gasteiger partial charge on any atom is 0.270 e. The number of nitrogens with one attached hydrogen (secondary N) is 2. The maximum absolute atomic E-state index is 12.5. The number of hydrogen-bond acceptors (Lipinski definition) is 5. The third-order valence-corrected chi connectivity index (χ3v) is 4.58. The van der Waals surface area contributed by atoms with E-state index >= 15 is 0 Å². The van der Waals surface area contributed by atoms with Gasteiger partial charge in [0, 0.05) is 24.5 Å². The van der Waals surface area contributed by atoms with Gasteiger partial charge in [-0.1, -0.05) is 25.1 Å². The summed E-state index contributed by atoms with van der Waals surface area (Å²) in [5.41, 5.74) is 4.44. The minimum atomic E-state index is -0.199. The van der Waals surface area contributed by atoms with Crippen LogP contribution < -0.4 is 10.6 Å². The van der Waals surface area contributed by atoms with Crippen molar-refractivity contribution in [1.82, 2.24) is 15.3 Å². The summed E-state index contributed by atoms with van der Waals surface area (Å²) < 4.78 is 5.54. The van der Waals surface area contributed by atoms with Crippen molar-refractivity contribution in [3.8, 4) is 0 Å². The van der Waals surface area contributed by atoms with Crippen LogP contribution in [0.4, 0.5) is 11.6 Å². The molecule has 1 aromatic carbocycles. The smallest absolute Gasteiger partial charge is 0.270 e. The van der Waals surface area contributed by atoms with Crippen molar-refractivity contribution in [2.45, 2.75) is 46.1 Å². The zero-order valence-corrected chi connectivity index (χ0v) is 15.6. The molecule has 1 atom stereocenters. The highest BCUT2D eigenvalue weighted by molar-refractivity contribution is 5.92. The first-order chi connectivity index (χ1) is 12.6. The average molecular weight is 354 g/mol. The van der Waals surface area contributed by atoms with Crippen LogP contribution in [0.3, 0.4) is 0 Å². The van der Waals surface area contributed by atoms with Gasteiger partial charge in [0.15, 0.2) is 0 Å². The van der Waals surface area contributed by atoms with E-state index in [0.29, 0.717) is 18.2 Å². The number of amides is 1. The molecule has 0 spiro atoms. The Kier molecular flexibility index (Phi) is 5.83. The molecule has 6 nitrogen and oxygen atoms in total. The molecule has 1 saturated heterocycles. The number of anilines is 2. The van der Waals surface area contributed by atoms with Crippen LogP contribution in [0.15, 0.2) is 24.3 Å². The number of aromatic nitrogens is 2. The topological polar surface area (TPSA) is 76.1 Å². The molecular formula is C20H26N4O2. The van der Waals surface area contributed by atoms with Crippen molar-refractivity contribution in [1.29, 1.82) is 0 Å². The molecule has 1 aliphatic rings. The minimum absolute atomic E-state index is 0.110. The predicted molar refractivity (Wildman–Crippen MR) is 102 cm³/mol. The number of hydrogen-bond donors (Lipinski definition) is 2. The largest absolute Gasteiger partial charge is 0.376 e. The van der Waals surface area contributed by atoms with Gasteiger partial charge in [-0.3, -0.25) is 4.79 Å². The Morgan fingerprint density at radius 3 is 2.88 bits per heavy atom. The summed E-state index contributed by atoms with van der Waals surface area (Å²) in [5, 5.41) is 6.21. The van der Waals surface area contributed by atoms with E-state index in [1.165, 1.54) is 5.56 Å². The van der Waals surface area contributed by atoms with Crippen molar-refractivity contribution in [2.24, 2.45) is 0 Å². The fourth-order valence-electron chi connectivity index (χ4n) is 3.16. The van der Waals surface area contributed by atoms with Crippen LogP contribution in [-0.2, 0) is 11.2 Å². The highest BCUT2D eigenvalue weighted by Gasteiger charge is 2.18. The monoisotopic (exact) mass is 354 g/mol. The molecule has 1 unspecified atom stereocenters. The number of para-hydroxylation sites is 1. The van der Waals surface area contributed by atoms with Gasteiger partial charge in [-0.05, 0) is 50.3 Å². The number of aryl methyl sites for hydroxylation is 3.